The Morgan fingerprint density at radius 2 is 1.12 bits per heavy atom. The summed E-state index contributed by atoms with van der Waals surface area (Å²) in [5.74, 6) is 0.468. The van der Waals surface area contributed by atoms with Gasteiger partial charge in [0.25, 0.3) is 0 Å². The van der Waals surface area contributed by atoms with Gasteiger partial charge in [0, 0.05) is 5.41 Å². The van der Waals surface area contributed by atoms with Crippen LogP contribution in [-0.2, 0) is 0 Å². The van der Waals surface area contributed by atoms with Gasteiger partial charge in [0.05, 0.1) is 5.84 Å². The van der Waals surface area contributed by atoms with E-state index in [0.717, 1.165) is 0 Å². The van der Waals surface area contributed by atoms with Crippen LogP contribution in [0.3, 0.4) is 0 Å². The van der Waals surface area contributed by atoms with Gasteiger partial charge in [-0.25, -0.2) is 0 Å². The van der Waals surface area contributed by atoms with Crippen LogP contribution in [0.15, 0.2) is 0 Å². The molecule has 4 rings (SSSR count). The molecule has 4 fully saturated rings. The lowest BCUT2D eigenvalue weighted by atomic mass is 9.36. The van der Waals surface area contributed by atoms with Gasteiger partial charge in [-0.1, -0.05) is 20.8 Å². The highest BCUT2D eigenvalue weighted by Gasteiger charge is 2.64. The van der Waals surface area contributed by atoms with E-state index >= 15 is 0 Å². The molecule has 17 heavy (non-hydrogen) atoms. The van der Waals surface area contributed by atoms with E-state index in [9.17, 15) is 0 Å². The van der Waals surface area contributed by atoms with Crippen molar-refractivity contribution in [2.75, 3.05) is 0 Å². The lowest BCUT2D eigenvalue weighted by Gasteiger charge is -2.68. The van der Waals surface area contributed by atoms with Crippen LogP contribution in [0.5, 0.6) is 0 Å². The third kappa shape index (κ3) is 1.71. The van der Waals surface area contributed by atoms with E-state index in [-0.39, 0.29) is 17.8 Å². The van der Waals surface area contributed by atoms with Crippen LogP contribution in [0.1, 0.15) is 59.3 Å². The first-order valence-electron chi connectivity index (χ1n) is 6.53. The zero-order chi connectivity index (χ0) is 11.8. The molecule has 4 aliphatic carbocycles. The fourth-order valence-corrected chi connectivity index (χ4v) is 6.58. The lowest BCUT2D eigenvalue weighted by Crippen LogP contribution is -2.62. The van der Waals surface area contributed by atoms with E-state index in [1.54, 1.807) is 0 Å². The molecule has 4 aliphatic rings. The number of nitrogens with one attached hydrogen (secondary N) is 1. The van der Waals surface area contributed by atoms with Crippen LogP contribution in [0.4, 0.5) is 0 Å². The van der Waals surface area contributed by atoms with Gasteiger partial charge >= 0.3 is 0 Å². The Labute approximate surface area is 111 Å². The van der Waals surface area contributed by atoms with E-state index in [1.165, 1.54) is 38.5 Å². The first-order chi connectivity index (χ1) is 7.19. The lowest BCUT2D eigenvalue weighted by molar-refractivity contribution is -0.158. The van der Waals surface area contributed by atoms with Crippen molar-refractivity contribution in [2.45, 2.75) is 59.3 Å². The number of nitrogens with two attached hydrogens (primary N) is 1. The van der Waals surface area contributed by atoms with E-state index in [1.807, 2.05) is 0 Å². The molecule has 0 saturated heterocycles. The van der Waals surface area contributed by atoms with E-state index in [0.29, 0.717) is 22.1 Å². The maximum absolute atomic E-state index is 8.01. The minimum atomic E-state index is 0. The SMILES string of the molecule is CC12CC3(C)CC(C)(C1)CC(C(=N)N)(C2)C3.Cl. The van der Waals surface area contributed by atoms with Crippen molar-refractivity contribution >= 4 is 18.2 Å². The molecule has 0 heterocycles. The van der Waals surface area contributed by atoms with Crippen molar-refractivity contribution in [3.63, 3.8) is 0 Å². The molecule has 0 aromatic rings. The van der Waals surface area contributed by atoms with Crippen molar-refractivity contribution < 1.29 is 0 Å². The summed E-state index contributed by atoms with van der Waals surface area (Å²) in [7, 11) is 0. The van der Waals surface area contributed by atoms with E-state index in [2.05, 4.69) is 20.8 Å². The number of rotatable bonds is 1. The summed E-state index contributed by atoms with van der Waals surface area (Å²) in [4.78, 5) is 0. The molecule has 0 aromatic carbocycles. The Kier molecular flexibility index (Phi) is 2.48. The van der Waals surface area contributed by atoms with E-state index in [4.69, 9.17) is 11.1 Å². The zero-order valence-corrected chi connectivity index (χ0v) is 12.0. The predicted molar refractivity (Wildman–Crippen MR) is 73.6 cm³/mol. The Morgan fingerprint density at radius 3 is 1.35 bits per heavy atom. The average molecular weight is 257 g/mol. The van der Waals surface area contributed by atoms with Gasteiger partial charge in [0.1, 0.15) is 0 Å². The summed E-state index contributed by atoms with van der Waals surface area (Å²) in [6.45, 7) is 7.29. The minimum Gasteiger partial charge on any atom is -0.387 e. The highest BCUT2D eigenvalue weighted by molar-refractivity contribution is 5.85. The van der Waals surface area contributed by atoms with Gasteiger partial charge in [0.2, 0.25) is 0 Å². The molecule has 4 bridgehead atoms. The minimum absolute atomic E-state index is 0. The molecule has 0 amide bonds. The second-order valence-corrected chi connectivity index (χ2v) is 8.19. The number of amidine groups is 1. The summed E-state index contributed by atoms with van der Waals surface area (Å²) in [5.41, 5.74) is 7.35. The van der Waals surface area contributed by atoms with Gasteiger partial charge in [-0.15, -0.1) is 12.4 Å². The molecule has 4 saturated carbocycles. The van der Waals surface area contributed by atoms with Crippen molar-refractivity contribution in [1.82, 2.24) is 0 Å². The normalized spacial score (nSPS) is 55.5. The highest BCUT2D eigenvalue weighted by Crippen LogP contribution is 2.73. The van der Waals surface area contributed by atoms with Crippen LogP contribution < -0.4 is 5.73 Å². The summed E-state index contributed by atoms with van der Waals surface area (Å²) in [6.07, 6.45) is 7.56. The first kappa shape index (κ1) is 13.2. The molecule has 0 aromatic heterocycles. The molecular weight excluding hydrogens is 232 g/mol. The van der Waals surface area contributed by atoms with Gasteiger partial charge in [-0.3, -0.25) is 5.41 Å². The molecule has 0 radical (unpaired) electrons. The Morgan fingerprint density at radius 1 is 0.824 bits per heavy atom. The van der Waals surface area contributed by atoms with Crippen LogP contribution in [-0.4, -0.2) is 5.84 Å². The molecule has 98 valence electrons. The van der Waals surface area contributed by atoms with Crippen LogP contribution in [0.25, 0.3) is 0 Å². The Balaban J connectivity index is 0.00000108. The van der Waals surface area contributed by atoms with Crippen molar-refractivity contribution in [3.8, 4) is 0 Å². The smallest absolute Gasteiger partial charge is 0.0969 e. The van der Waals surface area contributed by atoms with Crippen molar-refractivity contribution in [1.29, 1.82) is 5.41 Å². The number of hydrogen-bond acceptors (Lipinski definition) is 1. The average Bonchev–Trinajstić information content (AvgIpc) is 1.92. The molecule has 0 atom stereocenters. The molecule has 0 unspecified atom stereocenters. The zero-order valence-electron chi connectivity index (χ0n) is 11.2. The summed E-state index contributed by atoms with van der Waals surface area (Å²) in [6, 6.07) is 0. The highest BCUT2D eigenvalue weighted by atomic mass is 35.5. The van der Waals surface area contributed by atoms with Crippen LogP contribution in [0, 0.1) is 27.1 Å². The third-order valence-corrected chi connectivity index (χ3v) is 5.43. The molecule has 3 N–H and O–H groups in total. The Bertz CT molecular complexity index is 323. The standard InChI is InChI=1S/C14H24N2.ClH/c1-11-4-12(2)6-13(3,5-11)9-14(7-11,8-12)10(15)16;/h4-9H2,1-3H3,(H3,15,16);1H. The molecular formula is C14H25ClN2. The monoisotopic (exact) mass is 256 g/mol. The van der Waals surface area contributed by atoms with Crippen LogP contribution in [0.2, 0.25) is 0 Å². The summed E-state index contributed by atoms with van der Waals surface area (Å²) < 4.78 is 0. The van der Waals surface area contributed by atoms with E-state index < -0.39 is 0 Å². The topological polar surface area (TPSA) is 49.9 Å². The van der Waals surface area contributed by atoms with Gasteiger partial charge < -0.3 is 5.73 Å². The number of hydrogen-bond donors (Lipinski definition) is 2. The van der Waals surface area contributed by atoms with Gasteiger partial charge in [-0.2, -0.15) is 0 Å². The largest absolute Gasteiger partial charge is 0.387 e. The molecule has 0 spiro atoms. The molecule has 0 aliphatic heterocycles. The maximum atomic E-state index is 8.01. The fourth-order valence-electron chi connectivity index (χ4n) is 6.58. The molecule has 2 nitrogen and oxygen atoms in total. The second-order valence-electron chi connectivity index (χ2n) is 8.19. The van der Waals surface area contributed by atoms with Crippen molar-refractivity contribution in [3.05, 3.63) is 0 Å². The van der Waals surface area contributed by atoms with Gasteiger partial charge in [0.15, 0.2) is 0 Å². The maximum Gasteiger partial charge on any atom is 0.0969 e. The first-order valence-corrected chi connectivity index (χ1v) is 6.53. The third-order valence-electron chi connectivity index (χ3n) is 5.43. The second kappa shape index (κ2) is 3.20. The van der Waals surface area contributed by atoms with Crippen LogP contribution >= 0.6 is 12.4 Å². The van der Waals surface area contributed by atoms with Gasteiger partial charge in [-0.05, 0) is 54.8 Å². The van der Waals surface area contributed by atoms with Crippen molar-refractivity contribution in [2.24, 2.45) is 27.4 Å². The summed E-state index contributed by atoms with van der Waals surface area (Å²) >= 11 is 0. The molecule has 3 heteroatoms. The summed E-state index contributed by atoms with van der Waals surface area (Å²) in [5, 5.41) is 8.01. The predicted octanol–water partition coefficient (Wildman–Crippen LogP) is 3.73. The number of halogens is 1. The fraction of sp³-hybridized carbons (Fsp3) is 0.929. The Hall–Kier alpha value is -0.240. The quantitative estimate of drug-likeness (QED) is 0.545.